The molecule has 1 aromatic rings. The number of phenols is 1. The molecular weight excluding hydrogens is 386 g/mol. The quantitative estimate of drug-likeness (QED) is 0.630. The van der Waals surface area contributed by atoms with Crippen LogP contribution >= 0.6 is 0 Å². The molecule has 0 spiro atoms. The highest BCUT2D eigenvalue weighted by Crippen LogP contribution is 2.36. The van der Waals surface area contributed by atoms with Gasteiger partial charge in [-0.1, -0.05) is 12.1 Å². The third-order valence-electron chi connectivity index (χ3n) is 4.44. The molecule has 1 saturated carbocycles. The fraction of sp³-hybridized carbons (Fsp3) is 0.591. The number of nitrogens with zero attached hydrogens (tertiary/aromatic N) is 1. The predicted molar refractivity (Wildman–Crippen MR) is 113 cm³/mol. The van der Waals surface area contributed by atoms with Gasteiger partial charge in [-0.05, 0) is 72.1 Å². The van der Waals surface area contributed by atoms with Crippen molar-refractivity contribution in [2.75, 3.05) is 0 Å². The minimum Gasteiger partial charge on any atom is -0.508 e. The summed E-state index contributed by atoms with van der Waals surface area (Å²) in [6, 6.07) is 4.32. The number of carbonyl (C=O) groups excluding carboxylic acids is 3. The molecule has 2 rings (SSSR count). The lowest BCUT2D eigenvalue weighted by Gasteiger charge is -2.34. The molecule has 2 atom stereocenters. The number of alkyl carbamates (subject to hydrolysis) is 1. The van der Waals surface area contributed by atoms with E-state index in [1.165, 1.54) is 17.0 Å². The fourth-order valence-electron chi connectivity index (χ4n) is 3.14. The molecule has 8 heteroatoms. The van der Waals surface area contributed by atoms with E-state index in [-0.39, 0.29) is 29.6 Å². The van der Waals surface area contributed by atoms with Crippen molar-refractivity contribution in [2.24, 2.45) is 0 Å². The SMILES string of the molecule is CC(C)NC(=O)C(c1cccc(O)c1)N(C(=O)C(C)NC(=O)OC(C)(C)C)C1CC1. The zero-order valence-electron chi connectivity index (χ0n) is 18.6. The summed E-state index contributed by atoms with van der Waals surface area (Å²) in [5, 5.41) is 15.4. The standard InChI is InChI=1S/C22H33N3O5/c1-13(2)23-19(27)18(15-8-7-9-17(26)12-15)25(16-10-11-16)20(28)14(3)24-21(29)30-22(4,5)6/h7-9,12-14,16,18,26H,10-11H2,1-6H3,(H,23,27)(H,24,29). The van der Waals surface area contributed by atoms with E-state index in [4.69, 9.17) is 4.74 Å². The Morgan fingerprint density at radius 3 is 2.27 bits per heavy atom. The van der Waals surface area contributed by atoms with E-state index < -0.39 is 23.8 Å². The Kier molecular flexibility index (Phi) is 7.34. The van der Waals surface area contributed by atoms with Crippen LogP contribution in [0.15, 0.2) is 24.3 Å². The highest BCUT2D eigenvalue weighted by atomic mass is 16.6. The maximum Gasteiger partial charge on any atom is 0.408 e. The summed E-state index contributed by atoms with van der Waals surface area (Å²) in [4.78, 5) is 40.1. The molecule has 2 unspecified atom stereocenters. The number of ether oxygens (including phenoxy) is 1. The summed E-state index contributed by atoms with van der Waals surface area (Å²) in [6.07, 6.45) is 0.851. The molecule has 1 aliphatic carbocycles. The molecule has 8 nitrogen and oxygen atoms in total. The number of benzene rings is 1. The molecule has 3 amide bonds. The zero-order chi connectivity index (χ0) is 22.6. The Hall–Kier alpha value is -2.77. The lowest BCUT2D eigenvalue weighted by Crippen LogP contribution is -2.53. The molecular formula is C22H33N3O5. The van der Waals surface area contributed by atoms with Crippen molar-refractivity contribution in [2.45, 2.75) is 84.2 Å². The highest BCUT2D eigenvalue weighted by Gasteiger charge is 2.43. The van der Waals surface area contributed by atoms with Crippen LogP contribution in [0.4, 0.5) is 4.79 Å². The second-order valence-electron chi connectivity index (χ2n) is 9.01. The average molecular weight is 420 g/mol. The topological polar surface area (TPSA) is 108 Å². The van der Waals surface area contributed by atoms with Gasteiger partial charge in [0.2, 0.25) is 11.8 Å². The maximum absolute atomic E-state index is 13.3. The average Bonchev–Trinajstić information content (AvgIpc) is 3.41. The van der Waals surface area contributed by atoms with E-state index in [0.717, 1.165) is 12.8 Å². The molecule has 166 valence electrons. The highest BCUT2D eigenvalue weighted by molar-refractivity contribution is 5.92. The number of phenolic OH excluding ortho intramolecular Hbond substituents is 1. The molecule has 3 N–H and O–H groups in total. The van der Waals surface area contributed by atoms with Crippen LogP contribution in [0.1, 0.15) is 66.0 Å². The van der Waals surface area contributed by atoms with Gasteiger partial charge in [-0.2, -0.15) is 0 Å². The summed E-state index contributed by atoms with van der Waals surface area (Å²) in [5.41, 5.74) is -0.178. The number of rotatable bonds is 7. The molecule has 0 bridgehead atoms. The first-order valence-electron chi connectivity index (χ1n) is 10.3. The Balaban J connectivity index is 2.31. The summed E-state index contributed by atoms with van der Waals surface area (Å²) in [7, 11) is 0. The van der Waals surface area contributed by atoms with E-state index in [0.29, 0.717) is 5.56 Å². The first-order valence-corrected chi connectivity index (χ1v) is 10.3. The van der Waals surface area contributed by atoms with Crippen molar-refractivity contribution >= 4 is 17.9 Å². The third-order valence-corrected chi connectivity index (χ3v) is 4.44. The van der Waals surface area contributed by atoms with Gasteiger partial charge in [0.05, 0.1) is 0 Å². The van der Waals surface area contributed by atoms with Gasteiger partial charge in [-0.15, -0.1) is 0 Å². The summed E-state index contributed by atoms with van der Waals surface area (Å²) < 4.78 is 5.24. The number of aromatic hydroxyl groups is 1. The number of hydrogen-bond acceptors (Lipinski definition) is 5. The van der Waals surface area contributed by atoms with Crippen LogP contribution in [0.2, 0.25) is 0 Å². The monoisotopic (exact) mass is 419 g/mol. The van der Waals surface area contributed by atoms with Crippen LogP contribution in [-0.2, 0) is 14.3 Å². The number of nitrogens with one attached hydrogen (secondary N) is 2. The molecule has 0 saturated heterocycles. The smallest absolute Gasteiger partial charge is 0.408 e. The van der Waals surface area contributed by atoms with Crippen molar-refractivity contribution in [1.82, 2.24) is 15.5 Å². The van der Waals surface area contributed by atoms with Crippen LogP contribution in [0, 0.1) is 0 Å². The fourth-order valence-corrected chi connectivity index (χ4v) is 3.14. The molecule has 0 radical (unpaired) electrons. The summed E-state index contributed by atoms with van der Waals surface area (Å²) >= 11 is 0. The van der Waals surface area contributed by atoms with Crippen LogP contribution < -0.4 is 10.6 Å². The van der Waals surface area contributed by atoms with Gasteiger partial charge in [-0.25, -0.2) is 4.79 Å². The van der Waals surface area contributed by atoms with Crippen molar-refractivity contribution < 1.29 is 24.2 Å². The van der Waals surface area contributed by atoms with Gasteiger partial charge in [0.15, 0.2) is 0 Å². The second kappa shape index (κ2) is 9.36. The normalized spacial score (nSPS) is 15.8. The van der Waals surface area contributed by atoms with Crippen LogP contribution in [0.3, 0.4) is 0 Å². The molecule has 30 heavy (non-hydrogen) atoms. The maximum atomic E-state index is 13.3. The molecule has 1 aliphatic rings. The van der Waals surface area contributed by atoms with Gasteiger partial charge in [0.25, 0.3) is 0 Å². The van der Waals surface area contributed by atoms with Gasteiger partial charge in [0.1, 0.15) is 23.4 Å². The predicted octanol–water partition coefficient (Wildman–Crippen LogP) is 2.86. The minimum absolute atomic E-state index is 0.0120. The van der Waals surface area contributed by atoms with Gasteiger partial charge >= 0.3 is 6.09 Å². The van der Waals surface area contributed by atoms with E-state index >= 15 is 0 Å². The first kappa shape index (κ1) is 23.5. The van der Waals surface area contributed by atoms with E-state index in [1.807, 2.05) is 13.8 Å². The summed E-state index contributed by atoms with van der Waals surface area (Å²) in [6.45, 7) is 10.5. The Labute approximate surface area is 178 Å². The molecule has 0 heterocycles. The van der Waals surface area contributed by atoms with Crippen LogP contribution in [0.5, 0.6) is 5.75 Å². The van der Waals surface area contributed by atoms with E-state index in [1.54, 1.807) is 39.8 Å². The number of carbonyl (C=O) groups is 3. The third kappa shape index (κ3) is 6.64. The largest absolute Gasteiger partial charge is 0.508 e. The number of amides is 3. The van der Waals surface area contributed by atoms with E-state index in [2.05, 4.69) is 10.6 Å². The number of hydrogen-bond donors (Lipinski definition) is 3. The molecule has 0 aliphatic heterocycles. The zero-order valence-corrected chi connectivity index (χ0v) is 18.6. The molecule has 1 aromatic carbocycles. The molecule has 1 fully saturated rings. The first-order chi connectivity index (χ1) is 13.9. The van der Waals surface area contributed by atoms with Crippen molar-refractivity contribution in [3.63, 3.8) is 0 Å². The lowest BCUT2D eigenvalue weighted by atomic mass is 10.0. The molecule has 0 aromatic heterocycles. The minimum atomic E-state index is -0.914. The van der Waals surface area contributed by atoms with Gasteiger partial charge < -0.3 is 25.4 Å². The Morgan fingerprint density at radius 2 is 1.77 bits per heavy atom. The summed E-state index contributed by atoms with van der Waals surface area (Å²) in [5.74, 6) is -0.700. The van der Waals surface area contributed by atoms with Crippen LogP contribution in [-0.4, -0.2) is 51.6 Å². The van der Waals surface area contributed by atoms with Crippen molar-refractivity contribution in [3.8, 4) is 5.75 Å². The van der Waals surface area contributed by atoms with E-state index in [9.17, 15) is 19.5 Å². The Bertz CT molecular complexity index is 783. The Morgan fingerprint density at radius 1 is 1.13 bits per heavy atom. The lowest BCUT2D eigenvalue weighted by molar-refractivity contribution is -0.143. The van der Waals surface area contributed by atoms with Gasteiger partial charge in [-0.3, -0.25) is 9.59 Å². The van der Waals surface area contributed by atoms with Crippen LogP contribution in [0.25, 0.3) is 0 Å². The van der Waals surface area contributed by atoms with Crippen molar-refractivity contribution in [1.29, 1.82) is 0 Å². The van der Waals surface area contributed by atoms with Crippen molar-refractivity contribution in [3.05, 3.63) is 29.8 Å². The second-order valence-corrected chi connectivity index (χ2v) is 9.01. The van der Waals surface area contributed by atoms with Gasteiger partial charge in [0, 0.05) is 12.1 Å².